The first-order valence-electron chi connectivity index (χ1n) is 12.6. The van der Waals surface area contributed by atoms with Crippen molar-refractivity contribution in [2.45, 2.75) is 36.5 Å². The lowest BCUT2D eigenvalue weighted by atomic mass is 9.95. The summed E-state index contributed by atoms with van der Waals surface area (Å²) in [6, 6.07) is 17.1. The fourth-order valence-electron chi connectivity index (χ4n) is 4.59. The molecule has 0 aliphatic heterocycles. The van der Waals surface area contributed by atoms with Gasteiger partial charge in [0.25, 0.3) is 10.0 Å². The molecule has 1 aromatic heterocycles. The summed E-state index contributed by atoms with van der Waals surface area (Å²) in [6.45, 7) is 1.74. The number of hydrogen-bond acceptors (Lipinski definition) is 6. The van der Waals surface area contributed by atoms with Crippen molar-refractivity contribution in [1.29, 1.82) is 0 Å². The molecule has 0 aliphatic rings. The molecule has 0 saturated heterocycles. The minimum Gasteiger partial charge on any atom is -0.497 e. The molecule has 0 fully saturated rings. The van der Waals surface area contributed by atoms with Crippen molar-refractivity contribution in [1.82, 2.24) is 3.97 Å². The zero-order chi connectivity index (χ0) is 30.7. The molecule has 1 amide bonds. The molecule has 4 aromatic rings. The van der Waals surface area contributed by atoms with E-state index in [0.717, 1.165) is 30.0 Å². The Balaban J connectivity index is 2.00. The van der Waals surface area contributed by atoms with E-state index in [1.54, 1.807) is 49.4 Å². The van der Waals surface area contributed by atoms with Crippen molar-refractivity contribution in [2.75, 3.05) is 12.0 Å². The summed E-state index contributed by atoms with van der Waals surface area (Å²) in [5.74, 6) is -2.15. The number of aryl methyl sites for hydroxylation is 1. The van der Waals surface area contributed by atoms with Gasteiger partial charge >= 0.3 is 12.1 Å². The highest BCUT2D eigenvalue weighted by molar-refractivity contribution is 7.90. The second-order valence-electron chi connectivity index (χ2n) is 9.41. The Morgan fingerprint density at radius 1 is 0.976 bits per heavy atom. The quantitative estimate of drug-likeness (QED) is 0.174. The van der Waals surface area contributed by atoms with Gasteiger partial charge in [-0.05, 0) is 61.0 Å². The van der Waals surface area contributed by atoms with E-state index in [9.17, 15) is 36.5 Å². The number of alkyl halides is 3. The van der Waals surface area contributed by atoms with Gasteiger partial charge in [-0.15, -0.1) is 0 Å². The van der Waals surface area contributed by atoms with E-state index in [1.165, 1.54) is 37.4 Å². The summed E-state index contributed by atoms with van der Waals surface area (Å²) in [6.07, 6.45) is -4.79. The molecule has 13 heteroatoms. The second kappa shape index (κ2) is 12.1. The van der Waals surface area contributed by atoms with Crippen molar-refractivity contribution in [2.24, 2.45) is 0 Å². The van der Waals surface area contributed by atoms with Crippen LogP contribution in [0.15, 0.2) is 102 Å². The number of aromatic nitrogens is 1. The van der Waals surface area contributed by atoms with E-state index in [2.05, 4.69) is 0 Å². The lowest BCUT2D eigenvalue weighted by Gasteiger charge is -2.34. The van der Waals surface area contributed by atoms with Crippen LogP contribution in [0.3, 0.4) is 0 Å². The number of anilines is 1. The smallest absolute Gasteiger partial charge is 0.471 e. The molecule has 0 spiro atoms. The average Bonchev–Trinajstić information content (AvgIpc) is 3.45. The molecule has 0 N–H and O–H groups in total. The van der Waals surface area contributed by atoms with Crippen LogP contribution < -0.4 is 9.64 Å². The van der Waals surface area contributed by atoms with Gasteiger partial charge in [0.2, 0.25) is 6.04 Å². The molecular formula is C29H26F3N3O6S. The third kappa shape index (κ3) is 6.30. The van der Waals surface area contributed by atoms with Crippen LogP contribution >= 0.6 is 0 Å². The number of benzene rings is 3. The third-order valence-electron chi connectivity index (χ3n) is 6.64. The lowest BCUT2D eigenvalue weighted by molar-refractivity contribution is -0.526. The van der Waals surface area contributed by atoms with Gasteiger partial charge in [-0.2, -0.15) is 13.2 Å². The number of nitro groups is 1. The summed E-state index contributed by atoms with van der Waals surface area (Å²) in [5.41, 5.74) is 0.417. The van der Waals surface area contributed by atoms with Crippen LogP contribution in [0.2, 0.25) is 0 Å². The highest BCUT2D eigenvalue weighted by Crippen LogP contribution is 2.38. The Kier molecular flexibility index (Phi) is 8.71. The number of nitrogens with zero attached hydrogens (tertiary/aromatic N) is 3. The summed E-state index contributed by atoms with van der Waals surface area (Å²) in [7, 11) is -3.12. The number of methoxy groups -OCH3 is 1. The molecule has 0 radical (unpaired) electrons. The highest BCUT2D eigenvalue weighted by atomic mass is 32.2. The van der Waals surface area contributed by atoms with Gasteiger partial charge in [0.05, 0.1) is 17.7 Å². The maximum atomic E-state index is 14.2. The first-order chi connectivity index (χ1) is 19.8. The van der Waals surface area contributed by atoms with Crippen LogP contribution in [0, 0.1) is 17.0 Å². The minimum absolute atomic E-state index is 0.192. The molecule has 4 rings (SSSR count). The van der Waals surface area contributed by atoms with Crippen molar-refractivity contribution in [3.8, 4) is 5.75 Å². The molecule has 0 unspecified atom stereocenters. The van der Waals surface area contributed by atoms with Gasteiger partial charge in [0.1, 0.15) is 11.8 Å². The summed E-state index contributed by atoms with van der Waals surface area (Å²) >= 11 is 0. The third-order valence-corrected chi connectivity index (χ3v) is 8.36. The van der Waals surface area contributed by atoms with Crippen LogP contribution in [0.5, 0.6) is 5.75 Å². The molecule has 0 aliphatic carbocycles. The molecule has 9 nitrogen and oxygen atoms in total. The van der Waals surface area contributed by atoms with E-state index in [4.69, 9.17) is 4.74 Å². The van der Waals surface area contributed by atoms with E-state index >= 15 is 0 Å². The number of carbonyl (C=O) groups excluding carboxylic acids is 1. The predicted molar refractivity (Wildman–Crippen MR) is 148 cm³/mol. The largest absolute Gasteiger partial charge is 0.497 e. The van der Waals surface area contributed by atoms with Crippen molar-refractivity contribution < 1.29 is 36.0 Å². The number of halogens is 3. The van der Waals surface area contributed by atoms with Crippen LogP contribution in [-0.4, -0.2) is 42.5 Å². The van der Waals surface area contributed by atoms with Crippen LogP contribution in [-0.2, 0) is 21.2 Å². The lowest BCUT2D eigenvalue weighted by Crippen LogP contribution is -2.50. The highest BCUT2D eigenvalue weighted by Gasteiger charge is 2.51. The van der Waals surface area contributed by atoms with E-state index < -0.39 is 51.2 Å². The average molecular weight is 602 g/mol. The van der Waals surface area contributed by atoms with E-state index in [1.807, 2.05) is 0 Å². The number of amides is 1. The van der Waals surface area contributed by atoms with Crippen molar-refractivity contribution >= 4 is 21.6 Å². The SMILES string of the molecule is COc1ccc(N(C(=O)C(F)(F)F)[C@@H](c2cccn2S(=O)(=O)c2ccc(C)cc2)[C@@H](Cc2ccccc2)[N+](=O)[O-])cc1. The van der Waals surface area contributed by atoms with Gasteiger partial charge in [0.15, 0.2) is 0 Å². The zero-order valence-corrected chi connectivity index (χ0v) is 23.2. The maximum Gasteiger partial charge on any atom is 0.471 e. The van der Waals surface area contributed by atoms with Crippen molar-refractivity contribution in [3.05, 3.63) is 124 Å². The normalized spacial score (nSPS) is 13.3. The van der Waals surface area contributed by atoms with Crippen LogP contribution in [0.1, 0.15) is 22.9 Å². The number of hydrogen-bond donors (Lipinski definition) is 0. The Morgan fingerprint density at radius 3 is 2.14 bits per heavy atom. The minimum atomic E-state index is -5.46. The van der Waals surface area contributed by atoms with Crippen LogP contribution in [0.4, 0.5) is 18.9 Å². The molecule has 42 heavy (non-hydrogen) atoms. The number of rotatable bonds is 10. The van der Waals surface area contributed by atoms with Crippen molar-refractivity contribution in [3.63, 3.8) is 0 Å². The topological polar surface area (TPSA) is 112 Å². The number of ether oxygens (including phenoxy) is 1. The van der Waals surface area contributed by atoms with E-state index in [-0.39, 0.29) is 21.2 Å². The van der Waals surface area contributed by atoms with Gasteiger partial charge in [0, 0.05) is 23.2 Å². The standard InChI is InChI=1S/C29H26F3N3O6S/c1-20-10-16-24(17-11-20)42(39,40)33-18-6-9-25(33)27(26(35(37)38)19-21-7-4-3-5-8-21)34(28(36)29(30,31)32)22-12-14-23(41-2)15-13-22/h3-18,26-27H,19H2,1-2H3/t26-,27+/m1/s1. The Hall–Kier alpha value is -4.65. The Bertz CT molecular complexity index is 1660. The molecule has 3 aromatic carbocycles. The first kappa shape index (κ1) is 30.3. The fraction of sp³-hybridized carbons (Fsp3) is 0.207. The molecule has 220 valence electrons. The molecule has 1 heterocycles. The summed E-state index contributed by atoms with van der Waals surface area (Å²) in [4.78, 5) is 25.0. The maximum absolute atomic E-state index is 14.2. The van der Waals surface area contributed by atoms with Gasteiger partial charge < -0.3 is 4.74 Å². The second-order valence-corrected chi connectivity index (χ2v) is 11.2. The first-order valence-corrected chi connectivity index (χ1v) is 14.0. The monoisotopic (exact) mass is 601 g/mol. The fourth-order valence-corrected chi connectivity index (χ4v) is 5.98. The van der Waals surface area contributed by atoms with E-state index in [0.29, 0.717) is 9.54 Å². The molecular weight excluding hydrogens is 575 g/mol. The summed E-state index contributed by atoms with van der Waals surface area (Å²) < 4.78 is 75.7. The molecule has 2 atom stereocenters. The van der Waals surface area contributed by atoms with Gasteiger partial charge in [-0.25, -0.2) is 12.4 Å². The van der Waals surface area contributed by atoms with Gasteiger partial charge in [-0.3, -0.25) is 19.8 Å². The summed E-state index contributed by atoms with van der Waals surface area (Å²) in [5, 5.41) is 12.6. The van der Waals surface area contributed by atoms with Crippen LogP contribution in [0.25, 0.3) is 0 Å². The molecule has 0 bridgehead atoms. The zero-order valence-electron chi connectivity index (χ0n) is 22.4. The Morgan fingerprint density at radius 2 is 1.60 bits per heavy atom. The predicted octanol–water partition coefficient (Wildman–Crippen LogP) is 5.57. The van der Waals surface area contributed by atoms with Gasteiger partial charge in [-0.1, -0.05) is 48.0 Å². The number of carbonyl (C=O) groups is 1. The Labute approximate surface area is 240 Å². The molecule has 0 saturated carbocycles.